The minimum atomic E-state index is 0.359. The van der Waals surface area contributed by atoms with Gasteiger partial charge in [0.15, 0.2) is 0 Å². The van der Waals surface area contributed by atoms with Gasteiger partial charge in [0.1, 0.15) is 5.78 Å². The largest absolute Gasteiger partial charge is 0.299 e. The van der Waals surface area contributed by atoms with Gasteiger partial charge < -0.3 is 0 Å². The fourth-order valence-corrected chi connectivity index (χ4v) is 3.54. The Morgan fingerprint density at radius 2 is 2.17 bits per heavy atom. The number of carbonyl (C=O) groups excluding carboxylic acids is 1. The maximum absolute atomic E-state index is 11.5. The van der Waals surface area contributed by atoms with E-state index in [1.165, 1.54) is 12.8 Å². The molecule has 3 aliphatic rings. The molecule has 64 valence electrons. The zero-order valence-corrected chi connectivity index (χ0v) is 7.42. The van der Waals surface area contributed by atoms with Gasteiger partial charge in [0, 0.05) is 11.8 Å². The van der Waals surface area contributed by atoms with Crippen molar-refractivity contribution in [2.24, 2.45) is 23.7 Å². The quantitative estimate of drug-likeness (QED) is 0.540. The van der Waals surface area contributed by atoms with Crippen LogP contribution in [-0.4, -0.2) is 5.78 Å². The summed E-state index contributed by atoms with van der Waals surface area (Å²) in [4.78, 5) is 11.5. The highest BCUT2D eigenvalue weighted by atomic mass is 16.1. The molecule has 1 nitrogen and oxygen atoms in total. The summed E-state index contributed by atoms with van der Waals surface area (Å²) in [6.45, 7) is 2.22. The van der Waals surface area contributed by atoms with Crippen LogP contribution in [0.2, 0.25) is 0 Å². The molecule has 0 aromatic heterocycles. The Morgan fingerprint density at radius 3 is 2.92 bits per heavy atom. The lowest BCUT2D eigenvalue weighted by atomic mass is 9.66. The van der Waals surface area contributed by atoms with Gasteiger partial charge in [-0.15, -0.1) is 0 Å². The maximum atomic E-state index is 11.5. The molecule has 12 heavy (non-hydrogen) atoms. The SMILES string of the molecule is CCC1=CC2C(=O)C3CCC1C23. The highest BCUT2D eigenvalue weighted by molar-refractivity contribution is 5.93. The van der Waals surface area contributed by atoms with E-state index < -0.39 is 0 Å². The van der Waals surface area contributed by atoms with Crippen LogP contribution in [-0.2, 0) is 4.79 Å². The molecule has 0 aromatic rings. The van der Waals surface area contributed by atoms with Crippen LogP contribution in [0, 0.1) is 23.7 Å². The third-order valence-corrected chi connectivity index (χ3v) is 4.10. The third-order valence-electron chi connectivity index (χ3n) is 4.10. The first kappa shape index (κ1) is 6.88. The van der Waals surface area contributed by atoms with Gasteiger partial charge in [0.2, 0.25) is 0 Å². The maximum Gasteiger partial charge on any atom is 0.143 e. The summed E-state index contributed by atoms with van der Waals surface area (Å²) in [5.41, 5.74) is 1.58. The van der Waals surface area contributed by atoms with Crippen molar-refractivity contribution in [3.8, 4) is 0 Å². The first-order chi connectivity index (χ1) is 5.83. The zero-order chi connectivity index (χ0) is 8.29. The van der Waals surface area contributed by atoms with Gasteiger partial charge in [-0.1, -0.05) is 18.6 Å². The van der Waals surface area contributed by atoms with E-state index >= 15 is 0 Å². The topological polar surface area (TPSA) is 17.1 Å². The van der Waals surface area contributed by atoms with Crippen LogP contribution < -0.4 is 0 Å². The second kappa shape index (κ2) is 2.01. The lowest BCUT2D eigenvalue weighted by Gasteiger charge is -2.35. The summed E-state index contributed by atoms with van der Waals surface area (Å²) in [6.07, 6.45) is 5.91. The van der Waals surface area contributed by atoms with E-state index in [1.54, 1.807) is 5.57 Å². The van der Waals surface area contributed by atoms with Crippen molar-refractivity contribution in [1.29, 1.82) is 0 Å². The van der Waals surface area contributed by atoms with E-state index in [2.05, 4.69) is 13.0 Å². The molecule has 0 aromatic carbocycles. The molecular formula is C11H14O. The monoisotopic (exact) mass is 162 g/mol. The molecule has 0 spiro atoms. The van der Waals surface area contributed by atoms with E-state index in [1.807, 2.05) is 0 Å². The standard InChI is InChI=1S/C11H14O/c1-2-6-5-9-10-7(6)3-4-8(10)11(9)12/h5,7-10H,2-4H2,1H3. The van der Waals surface area contributed by atoms with Crippen LogP contribution in [0.1, 0.15) is 26.2 Å². The van der Waals surface area contributed by atoms with Crippen molar-refractivity contribution in [2.75, 3.05) is 0 Å². The second-order valence-corrected chi connectivity index (χ2v) is 4.39. The molecule has 0 heterocycles. The number of ketones is 1. The van der Waals surface area contributed by atoms with Gasteiger partial charge >= 0.3 is 0 Å². The first-order valence-corrected chi connectivity index (χ1v) is 5.07. The van der Waals surface area contributed by atoms with E-state index in [9.17, 15) is 4.79 Å². The van der Waals surface area contributed by atoms with Crippen LogP contribution in [0.5, 0.6) is 0 Å². The minimum absolute atomic E-state index is 0.359. The van der Waals surface area contributed by atoms with Gasteiger partial charge in [0.25, 0.3) is 0 Å². The van der Waals surface area contributed by atoms with Gasteiger partial charge in [-0.25, -0.2) is 0 Å². The average molecular weight is 162 g/mol. The summed E-state index contributed by atoms with van der Waals surface area (Å²) in [6, 6.07) is 0. The summed E-state index contributed by atoms with van der Waals surface area (Å²) in [5.74, 6) is 2.94. The second-order valence-electron chi connectivity index (χ2n) is 4.39. The minimum Gasteiger partial charge on any atom is -0.299 e. The normalized spacial score (nSPS) is 48.8. The molecule has 0 N–H and O–H groups in total. The van der Waals surface area contributed by atoms with Crippen molar-refractivity contribution in [3.05, 3.63) is 11.6 Å². The Bertz CT molecular complexity index is 277. The molecule has 4 unspecified atom stereocenters. The number of carbonyl (C=O) groups is 1. The Labute approximate surface area is 72.8 Å². The van der Waals surface area contributed by atoms with Crippen molar-refractivity contribution >= 4 is 5.78 Å². The van der Waals surface area contributed by atoms with Crippen molar-refractivity contribution in [2.45, 2.75) is 26.2 Å². The Hall–Kier alpha value is -0.590. The Kier molecular flexibility index (Phi) is 1.15. The summed E-state index contributed by atoms with van der Waals surface area (Å²) >= 11 is 0. The number of Topliss-reactive ketones (excluding diaryl/α,β-unsaturated/α-hetero) is 1. The van der Waals surface area contributed by atoms with E-state index in [-0.39, 0.29) is 0 Å². The lowest BCUT2D eigenvalue weighted by molar-refractivity contribution is -0.137. The Morgan fingerprint density at radius 1 is 1.42 bits per heavy atom. The van der Waals surface area contributed by atoms with Gasteiger partial charge in [-0.3, -0.25) is 4.79 Å². The highest BCUT2D eigenvalue weighted by Crippen LogP contribution is 2.59. The van der Waals surface area contributed by atoms with Crippen LogP contribution in [0.4, 0.5) is 0 Å². The van der Waals surface area contributed by atoms with E-state index in [0.29, 0.717) is 17.6 Å². The molecule has 0 aliphatic heterocycles. The van der Waals surface area contributed by atoms with Crippen LogP contribution in [0.15, 0.2) is 11.6 Å². The van der Waals surface area contributed by atoms with E-state index in [4.69, 9.17) is 0 Å². The fraction of sp³-hybridized carbons (Fsp3) is 0.727. The first-order valence-electron chi connectivity index (χ1n) is 5.07. The molecule has 0 bridgehead atoms. The van der Waals surface area contributed by atoms with Gasteiger partial charge in [-0.05, 0) is 31.1 Å². The molecule has 0 saturated heterocycles. The number of hydrogen-bond donors (Lipinski definition) is 0. The summed E-state index contributed by atoms with van der Waals surface area (Å²) in [7, 11) is 0. The molecule has 1 heteroatoms. The predicted molar refractivity (Wildman–Crippen MR) is 46.6 cm³/mol. The van der Waals surface area contributed by atoms with E-state index in [0.717, 1.165) is 18.3 Å². The van der Waals surface area contributed by atoms with Crippen molar-refractivity contribution < 1.29 is 4.79 Å². The number of rotatable bonds is 1. The molecule has 3 rings (SSSR count). The van der Waals surface area contributed by atoms with Crippen LogP contribution in [0.3, 0.4) is 0 Å². The summed E-state index contributed by atoms with van der Waals surface area (Å²) < 4.78 is 0. The third kappa shape index (κ3) is 0.562. The predicted octanol–water partition coefficient (Wildman–Crippen LogP) is 2.18. The van der Waals surface area contributed by atoms with Gasteiger partial charge in [-0.2, -0.15) is 0 Å². The lowest BCUT2D eigenvalue weighted by Crippen LogP contribution is -2.42. The molecule has 2 fully saturated rings. The Balaban J connectivity index is 1.99. The highest BCUT2D eigenvalue weighted by Gasteiger charge is 2.58. The number of allylic oxidation sites excluding steroid dienone is 2. The molecule has 3 aliphatic carbocycles. The smallest absolute Gasteiger partial charge is 0.143 e. The molecule has 2 saturated carbocycles. The molecular weight excluding hydrogens is 148 g/mol. The molecule has 0 amide bonds. The molecule has 0 radical (unpaired) electrons. The van der Waals surface area contributed by atoms with Gasteiger partial charge in [0.05, 0.1) is 0 Å². The van der Waals surface area contributed by atoms with Crippen LogP contribution in [0.25, 0.3) is 0 Å². The van der Waals surface area contributed by atoms with Crippen molar-refractivity contribution in [3.63, 3.8) is 0 Å². The fourth-order valence-electron chi connectivity index (χ4n) is 3.54. The van der Waals surface area contributed by atoms with Crippen molar-refractivity contribution in [1.82, 2.24) is 0 Å². The zero-order valence-electron chi connectivity index (χ0n) is 7.42. The molecule has 4 atom stereocenters. The average Bonchev–Trinajstić information content (AvgIpc) is 2.55. The summed E-state index contributed by atoms with van der Waals surface area (Å²) in [5, 5.41) is 0. The van der Waals surface area contributed by atoms with Crippen LogP contribution >= 0.6 is 0 Å². The number of hydrogen-bond acceptors (Lipinski definition) is 1.